The Morgan fingerprint density at radius 3 is 1.98 bits per heavy atom. The fourth-order valence-electron chi connectivity index (χ4n) is 5.80. The molecule has 11 nitrogen and oxygen atoms in total. The molecule has 0 saturated heterocycles. The number of ether oxygens (including phenoxy) is 2. The van der Waals surface area contributed by atoms with Crippen LogP contribution in [0.25, 0.3) is 11.2 Å². The lowest BCUT2D eigenvalue weighted by molar-refractivity contribution is -0.149. The number of anilines is 1. The SMILES string of the molecule is CCCCCCCCCCCCCCCCCCCC(=O)OC[C@H](CCOC(=O)[C@@H](N)[C@@H](C)CC)Cn1cnc2c(=O)[nH]c(N)nc21. The van der Waals surface area contributed by atoms with Crippen molar-refractivity contribution in [1.82, 2.24) is 19.5 Å². The van der Waals surface area contributed by atoms with E-state index in [4.69, 9.17) is 20.9 Å². The van der Waals surface area contributed by atoms with E-state index in [1.165, 1.54) is 96.2 Å². The Morgan fingerprint density at radius 2 is 1.43 bits per heavy atom. The fourth-order valence-corrected chi connectivity index (χ4v) is 5.80. The van der Waals surface area contributed by atoms with E-state index in [1.54, 1.807) is 4.57 Å². The van der Waals surface area contributed by atoms with Crippen LogP contribution in [0.15, 0.2) is 11.1 Å². The molecule has 0 aliphatic rings. The van der Waals surface area contributed by atoms with Crippen molar-refractivity contribution in [3.63, 3.8) is 0 Å². The van der Waals surface area contributed by atoms with Gasteiger partial charge in [0.1, 0.15) is 6.04 Å². The minimum atomic E-state index is -0.683. The Morgan fingerprint density at radius 1 is 0.872 bits per heavy atom. The van der Waals surface area contributed by atoms with Crippen LogP contribution in [-0.2, 0) is 25.6 Å². The molecule has 0 aliphatic carbocycles. The van der Waals surface area contributed by atoms with Gasteiger partial charge in [-0.1, -0.05) is 130 Å². The maximum atomic E-state index is 12.6. The molecule has 2 aromatic heterocycles. The Bertz CT molecular complexity index is 1200. The average molecular weight is 661 g/mol. The summed E-state index contributed by atoms with van der Waals surface area (Å²) < 4.78 is 12.8. The molecule has 11 heteroatoms. The topological polar surface area (TPSA) is 168 Å². The van der Waals surface area contributed by atoms with Crippen molar-refractivity contribution in [2.45, 2.75) is 162 Å². The second kappa shape index (κ2) is 24.2. The number of H-pyrrole nitrogens is 1. The third-order valence-electron chi connectivity index (χ3n) is 9.21. The zero-order valence-corrected chi connectivity index (χ0v) is 29.6. The van der Waals surface area contributed by atoms with E-state index < -0.39 is 17.6 Å². The van der Waals surface area contributed by atoms with E-state index in [2.05, 4.69) is 21.9 Å². The third-order valence-corrected chi connectivity index (χ3v) is 9.21. The number of unbranched alkanes of at least 4 members (excludes halogenated alkanes) is 16. The summed E-state index contributed by atoms with van der Waals surface area (Å²) in [7, 11) is 0. The Balaban J connectivity index is 1.65. The molecule has 5 N–H and O–H groups in total. The molecule has 3 atom stereocenters. The number of aromatic nitrogens is 4. The summed E-state index contributed by atoms with van der Waals surface area (Å²) in [6.07, 6.45) is 25.1. The number of hydrogen-bond acceptors (Lipinski definition) is 9. The number of esters is 2. The van der Waals surface area contributed by atoms with Crippen LogP contribution in [0, 0.1) is 11.8 Å². The second-order valence-electron chi connectivity index (χ2n) is 13.3. The molecule has 47 heavy (non-hydrogen) atoms. The molecule has 0 aromatic carbocycles. The summed E-state index contributed by atoms with van der Waals surface area (Å²) in [6, 6.07) is -0.683. The van der Waals surface area contributed by atoms with Gasteiger partial charge in [0.2, 0.25) is 5.95 Å². The van der Waals surface area contributed by atoms with Gasteiger partial charge in [0.15, 0.2) is 11.2 Å². The highest BCUT2D eigenvalue weighted by molar-refractivity contribution is 5.75. The number of rotatable bonds is 28. The van der Waals surface area contributed by atoms with Crippen molar-refractivity contribution < 1.29 is 19.1 Å². The Hall–Kier alpha value is -2.95. The number of fused-ring (bicyclic) bond motifs is 1. The monoisotopic (exact) mass is 660 g/mol. The van der Waals surface area contributed by atoms with Gasteiger partial charge in [-0.2, -0.15) is 4.98 Å². The van der Waals surface area contributed by atoms with Crippen molar-refractivity contribution in [1.29, 1.82) is 0 Å². The number of hydrogen-bond donors (Lipinski definition) is 3. The van der Waals surface area contributed by atoms with E-state index in [1.807, 2.05) is 13.8 Å². The zero-order chi connectivity index (χ0) is 34.3. The average Bonchev–Trinajstić information content (AvgIpc) is 3.46. The van der Waals surface area contributed by atoms with Crippen molar-refractivity contribution >= 4 is 29.1 Å². The van der Waals surface area contributed by atoms with E-state index in [-0.39, 0.29) is 42.5 Å². The van der Waals surface area contributed by atoms with Crippen LogP contribution in [-0.4, -0.2) is 50.7 Å². The molecule has 0 amide bonds. The zero-order valence-electron chi connectivity index (χ0n) is 29.6. The first-order valence-electron chi connectivity index (χ1n) is 18.5. The van der Waals surface area contributed by atoms with Gasteiger partial charge in [-0.3, -0.25) is 19.4 Å². The van der Waals surface area contributed by atoms with Crippen LogP contribution in [0.5, 0.6) is 0 Å². The number of nitrogens with zero attached hydrogens (tertiary/aromatic N) is 3. The van der Waals surface area contributed by atoms with Gasteiger partial charge in [-0.05, 0) is 18.8 Å². The molecule has 0 spiro atoms. The van der Waals surface area contributed by atoms with E-state index in [0.29, 0.717) is 25.0 Å². The molecular formula is C36H64N6O5. The van der Waals surface area contributed by atoms with Crippen molar-refractivity contribution in [2.24, 2.45) is 17.6 Å². The summed E-state index contributed by atoms with van der Waals surface area (Å²) in [5.74, 6) is -0.874. The normalized spacial score (nSPS) is 13.4. The third kappa shape index (κ3) is 16.6. The number of nitrogens with one attached hydrogen (secondary N) is 1. The summed E-state index contributed by atoms with van der Waals surface area (Å²) in [6.45, 7) is 6.79. The van der Waals surface area contributed by atoms with Crippen LogP contribution < -0.4 is 17.0 Å². The Labute approximate surface area is 282 Å². The van der Waals surface area contributed by atoms with Crippen molar-refractivity contribution in [2.75, 3.05) is 18.9 Å². The molecule has 0 radical (unpaired) electrons. The molecule has 2 heterocycles. The first-order valence-corrected chi connectivity index (χ1v) is 18.5. The quantitative estimate of drug-likeness (QED) is 0.0631. The van der Waals surface area contributed by atoms with Crippen LogP contribution >= 0.6 is 0 Å². The lowest BCUT2D eigenvalue weighted by Gasteiger charge is -2.20. The van der Waals surface area contributed by atoms with E-state index in [9.17, 15) is 14.4 Å². The van der Waals surface area contributed by atoms with Gasteiger partial charge in [0.25, 0.3) is 5.56 Å². The molecule has 0 bridgehead atoms. The van der Waals surface area contributed by atoms with Crippen molar-refractivity contribution in [3.8, 4) is 0 Å². The second-order valence-corrected chi connectivity index (χ2v) is 13.3. The highest BCUT2D eigenvalue weighted by Gasteiger charge is 2.22. The van der Waals surface area contributed by atoms with Crippen LogP contribution in [0.1, 0.15) is 149 Å². The first-order chi connectivity index (χ1) is 22.8. The minimum absolute atomic E-state index is 0.00530. The van der Waals surface area contributed by atoms with Crippen LogP contribution in [0.4, 0.5) is 5.95 Å². The molecule has 268 valence electrons. The highest BCUT2D eigenvalue weighted by atomic mass is 16.5. The van der Waals surface area contributed by atoms with Gasteiger partial charge in [-0.25, -0.2) is 4.98 Å². The van der Waals surface area contributed by atoms with Crippen molar-refractivity contribution in [3.05, 3.63) is 16.7 Å². The molecule has 2 aromatic rings. The number of aromatic amines is 1. The Kier molecular flexibility index (Phi) is 20.7. The van der Waals surface area contributed by atoms with Gasteiger partial charge < -0.3 is 25.5 Å². The predicted octanol–water partition coefficient (Wildman–Crippen LogP) is 7.21. The highest BCUT2D eigenvalue weighted by Crippen LogP contribution is 2.17. The van der Waals surface area contributed by atoms with E-state index in [0.717, 1.165) is 25.7 Å². The smallest absolute Gasteiger partial charge is 0.323 e. The summed E-state index contributed by atoms with van der Waals surface area (Å²) >= 11 is 0. The first kappa shape index (κ1) is 40.2. The molecule has 0 fully saturated rings. The lowest BCUT2D eigenvalue weighted by Crippen LogP contribution is -2.38. The number of nitrogen functional groups attached to an aromatic ring is 1. The molecular weight excluding hydrogens is 596 g/mol. The number of nitrogens with two attached hydrogens (primary N) is 2. The van der Waals surface area contributed by atoms with Gasteiger partial charge in [0.05, 0.1) is 19.5 Å². The van der Waals surface area contributed by atoms with Gasteiger partial charge in [0, 0.05) is 18.9 Å². The summed E-state index contributed by atoms with van der Waals surface area (Å²) in [5, 5.41) is 0. The number of carbonyl (C=O) groups is 2. The lowest BCUT2D eigenvalue weighted by atomic mass is 10.0. The maximum Gasteiger partial charge on any atom is 0.323 e. The van der Waals surface area contributed by atoms with E-state index >= 15 is 0 Å². The molecule has 0 aliphatic heterocycles. The molecule has 0 unspecified atom stereocenters. The van der Waals surface area contributed by atoms with Crippen LogP contribution in [0.2, 0.25) is 0 Å². The standard InChI is InChI=1S/C36H64N6O5/c1-4-6-7-8-9-10-11-12-13-14-15-16-17-18-19-20-21-22-30(43)47-26-29(23-24-46-35(45)31(37)28(3)5-2)25-42-27-39-32-33(42)40-36(38)41-34(32)44/h27-29,31H,4-26,37H2,1-3H3,(H3,38,40,41,44)/t28-,29+,31-/m0/s1. The largest absolute Gasteiger partial charge is 0.465 e. The maximum absolute atomic E-state index is 12.6. The molecule has 0 saturated carbocycles. The predicted molar refractivity (Wildman–Crippen MR) is 189 cm³/mol. The summed E-state index contributed by atoms with van der Waals surface area (Å²) in [4.78, 5) is 48.0. The van der Waals surface area contributed by atoms with Crippen LogP contribution in [0.3, 0.4) is 0 Å². The minimum Gasteiger partial charge on any atom is -0.465 e. The summed E-state index contributed by atoms with van der Waals surface area (Å²) in [5.41, 5.74) is 11.9. The number of imidazole rings is 1. The van der Waals surface area contributed by atoms with Gasteiger partial charge >= 0.3 is 11.9 Å². The number of carbonyl (C=O) groups excluding carboxylic acids is 2. The van der Waals surface area contributed by atoms with Gasteiger partial charge in [-0.15, -0.1) is 0 Å². The molecule has 2 rings (SSSR count). The fraction of sp³-hybridized carbons (Fsp3) is 0.806.